The van der Waals surface area contributed by atoms with Crippen molar-refractivity contribution in [1.82, 2.24) is 10.2 Å². The van der Waals surface area contributed by atoms with Crippen LogP contribution < -0.4 is 10.1 Å². The van der Waals surface area contributed by atoms with Gasteiger partial charge < -0.3 is 15.0 Å². The molecule has 1 saturated heterocycles. The van der Waals surface area contributed by atoms with E-state index >= 15 is 0 Å². The summed E-state index contributed by atoms with van der Waals surface area (Å²) in [5.41, 5.74) is 0.978. The third kappa shape index (κ3) is 5.25. The van der Waals surface area contributed by atoms with E-state index in [0.29, 0.717) is 6.04 Å². The van der Waals surface area contributed by atoms with Crippen LogP contribution in [-0.2, 0) is 0 Å². The van der Waals surface area contributed by atoms with E-state index in [9.17, 15) is 8.78 Å². The summed E-state index contributed by atoms with van der Waals surface area (Å²) in [6, 6.07) is 7.55. The second-order valence-corrected chi connectivity index (χ2v) is 5.77. The summed E-state index contributed by atoms with van der Waals surface area (Å²) in [6.45, 7) is 1.53. The molecule has 0 amide bonds. The van der Waals surface area contributed by atoms with Crippen LogP contribution >= 0.6 is 0 Å². The van der Waals surface area contributed by atoms with Crippen molar-refractivity contribution in [3.05, 3.63) is 29.8 Å². The molecule has 1 aliphatic rings. The van der Waals surface area contributed by atoms with Gasteiger partial charge in [0.25, 0.3) is 0 Å². The quantitative estimate of drug-likeness (QED) is 0.901. The van der Waals surface area contributed by atoms with Crippen LogP contribution in [0.3, 0.4) is 0 Å². The summed E-state index contributed by atoms with van der Waals surface area (Å²) in [6.07, 6.45) is 3.46. The Balaban J connectivity index is 1.94. The van der Waals surface area contributed by atoms with Gasteiger partial charge in [0, 0.05) is 12.1 Å². The van der Waals surface area contributed by atoms with Crippen molar-refractivity contribution in [2.75, 3.05) is 20.1 Å². The van der Waals surface area contributed by atoms with E-state index in [4.69, 9.17) is 0 Å². The van der Waals surface area contributed by atoms with E-state index in [1.807, 2.05) is 6.07 Å². The van der Waals surface area contributed by atoms with E-state index in [1.54, 1.807) is 18.2 Å². The van der Waals surface area contributed by atoms with Crippen LogP contribution in [0.4, 0.5) is 8.78 Å². The summed E-state index contributed by atoms with van der Waals surface area (Å²) >= 11 is 0. The number of benzene rings is 1. The molecule has 1 aliphatic heterocycles. The lowest BCUT2D eigenvalue weighted by atomic mass is 10.0. The monoisotopic (exact) mass is 298 g/mol. The molecule has 1 heterocycles. The Labute approximate surface area is 125 Å². The summed E-state index contributed by atoms with van der Waals surface area (Å²) in [4.78, 5) is 2.35. The summed E-state index contributed by atoms with van der Waals surface area (Å²) in [7, 11) is 2.15. The number of rotatable bonds is 5. The number of halogens is 2. The fraction of sp³-hybridized carbons (Fsp3) is 0.625. The van der Waals surface area contributed by atoms with E-state index in [-0.39, 0.29) is 11.8 Å². The van der Waals surface area contributed by atoms with Crippen LogP contribution in [0.15, 0.2) is 24.3 Å². The first kappa shape index (κ1) is 16.2. The third-order valence-electron chi connectivity index (χ3n) is 4.02. The molecule has 1 aromatic rings. The fourth-order valence-electron chi connectivity index (χ4n) is 2.82. The molecule has 0 saturated carbocycles. The molecule has 1 N–H and O–H groups in total. The number of alkyl halides is 2. The van der Waals surface area contributed by atoms with Crippen LogP contribution in [0.2, 0.25) is 0 Å². The molecule has 0 spiro atoms. The Kier molecular flexibility index (Phi) is 5.94. The van der Waals surface area contributed by atoms with Crippen molar-refractivity contribution < 1.29 is 13.5 Å². The molecule has 2 atom stereocenters. The van der Waals surface area contributed by atoms with Crippen molar-refractivity contribution >= 4 is 0 Å². The van der Waals surface area contributed by atoms with E-state index in [2.05, 4.69) is 28.9 Å². The highest BCUT2D eigenvalue weighted by atomic mass is 19.3. The number of hydrogen-bond acceptors (Lipinski definition) is 3. The number of nitrogens with one attached hydrogen (secondary N) is 1. The Hall–Kier alpha value is -1.20. The largest absolute Gasteiger partial charge is 0.435 e. The Morgan fingerprint density at radius 3 is 2.86 bits per heavy atom. The molecule has 0 aliphatic carbocycles. The zero-order valence-electron chi connectivity index (χ0n) is 12.7. The van der Waals surface area contributed by atoms with Gasteiger partial charge in [-0.2, -0.15) is 8.78 Å². The van der Waals surface area contributed by atoms with Crippen molar-refractivity contribution in [2.24, 2.45) is 0 Å². The van der Waals surface area contributed by atoms with Crippen molar-refractivity contribution in [3.8, 4) is 5.75 Å². The summed E-state index contributed by atoms with van der Waals surface area (Å²) < 4.78 is 29.0. The maximum absolute atomic E-state index is 12.3. The first-order valence-corrected chi connectivity index (χ1v) is 7.54. The summed E-state index contributed by atoms with van der Waals surface area (Å²) in [5, 5.41) is 3.61. The van der Waals surface area contributed by atoms with E-state index in [0.717, 1.165) is 31.5 Å². The summed E-state index contributed by atoms with van der Waals surface area (Å²) in [5.74, 6) is 0.219. The molecule has 3 nitrogen and oxygen atoms in total. The molecule has 0 radical (unpaired) electrons. The van der Waals surface area contributed by atoms with Gasteiger partial charge in [-0.3, -0.25) is 0 Å². The minimum Gasteiger partial charge on any atom is -0.435 e. The van der Waals surface area contributed by atoms with Crippen molar-refractivity contribution in [3.63, 3.8) is 0 Å². The lowest BCUT2D eigenvalue weighted by Gasteiger charge is -2.23. The lowest BCUT2D eigenvalue weighted by molar-refractivity contribution is -0.0499. The molecule has 2 rings (SSSR count). The minimum absolute atomic E-state index is 0.125. The maximum atomic E-state index is 12.3. The SMILES string of the molecule is CC(NC1CCCN(C)CC1)c1cccc(OC(F)F)c1. The Morgan fingerprint density at radius 1 is 1.29 bits per heavy atom. The lowest BCUT2D eigenvalue weighted by Crippen LogP contribution is -2.32. The molecular weight excluding hydrogens is 274 g/mol. The van der Waals surface area contributed by atoms with Crippen molar-refractivity contribution in [1.29, 1.82) is 0 Å². The predicted molar refractivity (Wildman–Crippen MR) is 79.8 cm³/mol. The average molecular weight is 298 g/mol. The standard InChI is InChI=1S/C16H24F2N2O/c1-12(19-14-6-4-9-20(2)10-8-14)13-5-3-7-15(11-13)21-16(17)18/h3,5,7,11-12,14,16,19H,4,6,8-10H2,1-2H3. The zero-order valence-corrected chi connectivity index (χ0v) is 12.7. The molecule has 2 unspecified atom stereocenters. The highest BCUT2D eigenvalue weighted by Crippen LogP contribution is 2.22. The second-order valence-electron chi connectivity index (χ2n) is 5.77. The van der Waals surface area contributed by atoms with Crippen LogP contribution in [0, 0.1) is 0 Å². The fourth-order valence-corrected chi connectivity index (χ4v) is 2.82. The average Bonchev–Trinajstić information content (AvgIpc) is 2.63. The number of hydrogen-bond donors (Lipinski definition) is 1. The van der Waals surface area contributed by atoms with Crippen LogP contribution in [0.1, 0.15) is 37.8 Å². The van der Waals surface area contributed by atoms with Gasteiger partial charge in [0.05, 0.1) is 0 Å². The third-order valence-corrected chi connectivity index (χ3v) is 4.02. The Bertz CT molecular complexity index is 442. The number of ether oxygens (including phenoxy) is 1. The van der Waals surface area contributed by atoms with Gasteiger partial charge in [0.2, 0.25) is 0 Å². The van der Waals surface area contributed by atoms with Gasteiger partial charge in [0.1, 0.15) is 5.75 Å². The number of nitrogens with zero attached hydrogens (tertiary/aromatic N) is 1. The number of likely N-dealkylation sites (tertiary alicyclic amines) is 1. The minimum atomic E-state index is -2.78. The highest BCUT2D eigenvalue weighted by Gasteiger charge is 2.17. The molecule has 118 valence electrons. The molecule has 0 bridgehead atoms. The molecule has 0 aromatic heterocycles. The van der Waals surface area contributed by atoms with Gasteiger partial charge in [-0.15, -0.1) is 0 Å². The normalized spacial score (nSPS) is 22.0. The van der Waals surface area contributed by atoms with Crippen molar-refractivity contribution in [2.45, 2.75) is 44.9 Å². The first-order valence-electron chi connectivity index (χ1n) is 7.54. The van der Waals surface area contributed by atoms with Gasteiger partial charge in [-0.1, -0.05) is 12.1 Å². The van der Waals surface area contributed by atoms with E-state index in [1.165, 1.54) is 6.42 Å². The van der Waals surface area contributed by atoms with Gasteiger partial charge in [0.15, 0.2) is 0 Å². The van der Waals surface area contributed by atoms with Crippen LogP contribution in [-0.4, -0.2) is 37.7 Å². The topological polar surface area (TPSA) is 24.5 Å². The molecule has 1 fully saturated rings. The van der Waals surface area contributed by atoms with Gasteiger partial charge in [-0.05, 0) is 64.0 Å². The molecule has 1 aromatic carbocycles. The zero-order chi connectivity index (χ0) is 15.2. The molecule has 21 heavy (non-hydrogen) atoms. The van der Waals surface area contributed by atoms with Gasteiger partial charge >= 0.3 is 6.61 Å². The Morgan fingerprint density at radius 2 is 2.10 bits per heavy atom. The highest BCUT2D eigenvalue weighted by molar-refractivity contribution is 5.30. The van der Waals surface area contributed by atoms with E-state index < -0.39 is 6.61 Å². The smallest absolute Gasteiger partial charge is 0.387 e. The predicted octanol–water partition coefficient (Wildman–Crippen LogP) is 3.42. The van der Waals surface area contributed by atoms with Crippen LogP contribution in [0.25, 0.3) is 0 Å². The second kappa shape index (κ2) is 7.71. The van der Waals surface area contributed by atoms with Crippen LogP contribution in [0.5, 0.6) is 5.75 Å². The molecular formula is C16H24F2N2O. The first-order chi connectivity index (χ1) is 10.0. The maximum Gasteiger partial charge on any atom is 0.387 e. The van der Waals surface area contributed by atoms with Gasteiger partial charge in [-0.25, -0.2) is 0 Å². The molecule has 5 heteroatoms.